The van der Waals surface area contributed by atoms with Gasteiger partial charge in [-0.25, -0.2) is 0 Å². The van der Waals surface area contributed by atoms with Gasteiger partial charge in [0.05, 0.1) is 5.56 Å². The number of nitrogens with zero attached hydrogens (tertiary/aromatic N) is 2. The standard InChI is InChI=1S/C23H27IN4O2S/c1-16(2)15-21(29)28-13-11-27(12-14-28)18-9-7-17(8-10-18)25-23(31)26-22(30)19-5-3-4-6-20(19)24/h3-10,16H,11-15H2,1-2H3,(H2,25,26,30,31). The predicted octanol–water partition coefficient (Wildman–Crippen LogP) is 4.11. The van der Waals surface area contributed by atoms with Gasteiger partial charge in [0, 0.05) is 47.5 Å². The van der Waals surface area contributed by atoms with E-state index in [9.17, 15) is 9.59 Å². The van der Waals surface area contributed by atoms with Crippen LogP contribution in [0.25, 0.3) is 0 Å². The molecular formula is C23H27IN4O2S. The van der Waals surface area contributed by atoms with Crippen molar-refractivity contribution in [2.45, 2.75) is 20.3 Å². The lowest BCUT2D eigenvalue weighted by Gasteiger charge is -2.36. The van der Waals surface area contributed by atoms with Gasteiger partial charge in [0.15, 0.2) is 5.11 Å². The summed E-state index contributed by atoms with van der Waals surface area (Å²) in [5.41, 5.74) is 2.51. The first-order chi connectivity index (χ1) is 14.8. The van der Waals surface area contributed by atoms with Gasteiger partial charge >= 0.3 is 0 Å². The summed E-state index contributed by atoms with van der Waals surface area (Å²) >= 11 is 7.42. The Morgan fingerprint density at radius 1 is 1.03 bits per heavy atom. The van der Waals surface area contributed by atoms with Gasteiger partial charge in [0.2, 0.25) is 5.91 Å². The Labute approximate surface area is 202 Å². The lowest BCUT2D eigenvalue weighted by molar-refractivity contribution is -0.132. The van der Waals surface area contributed by atoms with Gasteiger partial charge in [0.1, 0.15) is 0 Å². The average molecular weight is 550 g/mol. The number of thiocarbonyl (C=S) groups is 1. The molecule has 2 N–H and O–H groups in total. The summed E-state index contributed by atoms with van der Waals surface area (Å²) in [5, 5.41) is 6.04. The molecule has 2 amide bonds. The van der Waals surface area contributed by atoms with E-state index in [4.69, 9.17) is 12.2 Å². The van der Waals surface area contributed by atoms with E-state index in [1.54, 1.807) is 6.07 Å². The van der Waals surface area contributed by atoms with Crippen LogP contribution in [0, 0.1) is 9.49 Å². The second-order valence-corrected chi connectivity index (χ2v) is 9.47. The van der Waals surface area contributed by atoms with Crippen LogP contribution in [-0.4, -0.2) is 48.0 Å². The van der Waals surface area contributed by atoms with Crippen LogP contribution in [-0.2, 0) is 4.79 Å². The van der Waals surface area contributed by atoms with Crippen molar-refractivity contribution in [2.24, 2.45) is 5.92 Å². The lowest BCUT2D eigenvalue weighted by atomic mass is 10.1. The topological polar surface area (TPSA) is 64.7 Å². The molecule has 164 valence electrons. The molecule has 0 unspecified atom stereocenters. The summed E-state index contributed by atoms with van der Waals surface area (Å²) in [5.74, 6) is 0.400. The molecule has 0 atom stereocenters. The summed E-state index contributed by atoms with van der Waals surface area (Å²) in [7, 11) is 0. The SMILES string of the molecule is CC(C)CC(=O)N1CCN(c2ccc(NC(=S)NC(=O)c3ccccc3I)cc2)CC1. The van der Waals surface area contributed by atoms with Crippen molar-refractivity contribution in [1.82, 2.24) is 10.2 Å². The Hall–Kier alpha value is -2.20. The minimum Gasteiger partial charge on any atom is -0.368 e. The number of benzene rings is 2. The van der Waals surface area contributed by atoms with Crippen molar-refractivity contribution < 1.29 is 9.59 Å². The molecule has 8 heteroatoms. The minimum atomic E-state index is -0.232. The number of amides is 2. The number of halogens is 1. The van der Waals surface area contributed by atoms with Gasteiger partial charge in [-0.2, -0.15) is 0 Å². The first-order valence-electron chi connectivity index (χ1n) is 10.3. The Morgan fingerprint density at radius 2 is 1.68 bits per heavy atom. The molecule has 1 saturated heterocycles. The maximum atomic E-state index is 12.4. The molecule has 0 bridgehead atoms. The summed E-state index contributed by atoms with van der Waals surface area (Å²) in [6.07, 6.45) is 0.611. The van der Waals surface area contributed by atoms with Crippen LogP contribution in [0.2, 0.25) is 0 Å². The molecule has 2 aromatic rings. The van der Waals surface area contributed by atoms with Crippen LogP contribution < -0.4 is 15.5 Å². The number of rotatable bonds is 5. The molecule has 6 nitrogen and oxygen atoms in total. The van der Waals surface area contributed by atoms with E-state index in [0.717, 1.165) is 41.1 Å². The van der Waals surface area contributed by atoms with Gasteiger partial charge < -0.3 is 15.1 Å². The van der Waals surface area contributed by atoms with Crippen molar-refractivity contribution in [3.63, 3.8) is 0 Å². The molecule has 0 radical (unpaired) electrons. The molecule has 2 aromatic carbocycles. The molecule has 1 fully saturated rings. The van der Waals surface area contributed by atoms with Gasteiger partial charge in [-0.15, -0.1) is 0 Å². The molecule has 0 aliphatic carbocycles. The first kappa shape index (κ1) is 23.5. The van der Waals surface area contributed by atoms with Gasteiger partial charge in [-0.3, -0.25) is 14.9 Å². The van der Waals surface area contributed by atoms with E-state index < -0.39 is 0 Å². The van der Waals surface area contributed by atoms with Crippen LogP contribution >= 0.6 is 34.8 Å². The molecule has 31 heavy (non-hydrogen) atoms. The molecule has 1 aliphatic rings. The first-order valence-corrected chi connectivity index (χ1v) is 11.8. The molecular weight excluding hydrogens is 523 g/mol. The van der Waals surface area contributed by atoms with Crippen molar-refractivity contribution in [3.8, 4) is 0 Å². The highest BCUT2D eigenvalue weighted by atomic mass is 127. The zero-order chi connectivity index (χ0) is 22.4. The molecule has 0 saturated carbocycles. The zero-order valence-corrected chi connectivity index (χ0v) is 20.7. The minimum absolute atomic E-state index is 0.232. The fraction of sp³-hybridized carbons (Fsp3) is 0.348. The highest BCUT2D eigenvalue weighted by Gasteiger charge is 2.21. The quantitative estimate of drug-likeness (QED) is 0.434. The fourth-order valence-electron chi connectivity index (χ4n) is 3.43. The summed E-state index contributed by atoms with van der Waals surface area (Å²) in [4.78, 5) is 28.9. The fourth-order valence-corrected chi connectivity index (χ4v) is 4.27. The average Bonchev–Trinajstić information content (AvgIpc) is 2.74. The second kappa shape index (κ2) is 10.9. The Balaban J connectivity index is 1.50. The molecule has 0 spiro atoms. The Bertz CT molecular complexity index is 941. The van der Waals surface area contributed by atoms with Crippen molar-refractivity contribution in [1.29, 1.82) is 0 Å². The van der Waals surface area contributed by atoms with Gasteiger partial charge in [-0.05, 0) is 77.1 Å². The number of carbonyl (C=O) groups is 2. The molecule has 1 heterocycles. The Morgan fingerprint density at radius 3 is 2.29 bits per heavy atom. The summed E-state index contributed by atoms with van der Waals surface area (Å²) in [6.45, 7) is 7.29. The van der Waals surface area contributed by atoms with Crippen LogP contribution in [0.1, 0.15) is 30.6 Å². The summed E-state index contributed by atoms with van der Waals surface area (Å²) in [6, 6.07) is 15.3. The van der Waals surface area contributed by atoms with Crippen molar-refractivity contribution in [3.05, 3.63) is 57.7 Å². The van der Waals surface area contributed by atoms with Crippen molar-refractivity contribution in [2.75, 3.05) is 36.4 Å². The number of anilines is 2. The smallest absolute Gasteiger partial charge is 0.258 e. The summed E-state index contributed by atoms with van der Waals surface area (Å²) < 4.78 is 0.871. The lowest BCUT2D eigenvalue weighted by Crippen LogP contribution is -2.49. The van der Waals surface area contributed by atoms with Gasteiger partial charge in [-0.1, -0.05) is 26.0 Å². The number of piperazine rings is 1. The Kier molecular flexibility index (Phi) is 8.25. The van der Waals surface area contributed by atoms with Gasteiger partial charge in [0.25, 0.3) is 5.91 Å². The molecule has 0 aromatic heterocycles. The number of hydrogen-bond acceptors (Lipinski definition) is 4. The number of carbonyl (C=O) groups excluding carboxylic acids is 2. The van der Waals surface area contributed by atoms with Crippen LogP contribution in [0.3, 0.4) is 0 Å². The van der Waals surface area contributed by atoms with Crippen LogP contribution in [0.5, 0.6) is 0 Å². The van der Waals surface area contributed by atoms with Crippen molar-refractivity contribution >= 4 is 63.1 Å². The normalized spacial score (nSPS) is 13.8. The van der Waals surface area contributed by atoms with E-state index in [-0.39, 0.29) is 16.9 Å². The third-order valence-electron chi connectivity index (χ3n) is 5.05. The number of nitrogens with one attached hydrogen (secondary N) is 2. The van der Waals surface area contributed by atoms with E-state index in [1.165, 1.54) is 0 Å². The predicted molar refractivity (Wildman–Crippen MR) is 138 cm³/mol. The molecule has 3 rings (SSSR count). The number of hydrogen-bond donors (Lipinski definition) is 2. The zero-order valence-electron chi connectivity index (χ0n) is 17.7. The highest BCUT2D eigenvalue weighted by molar-refractivity contribution is 14.1. The maximum absolute atomic E-state index is 12.4. The largest absolute Gasteiger partial charge is 0.368 e. The van der Waals surface area contributed by atoms with Crippen LogP contribution in [0.15, 0.2) is 48.5 Å². The third-order valence-corrected chi connectivity index (χ3v) is 6.20. The van der Waals surface area contributed by atoms with E-state index in [2.05, 4.69) is 52.0 Å². The van der Waals surface area contributed by atoms with E-state index >= 15 is 0 Å². The van der Waals surface area contributed by atoms with Crippen LogP contribution in [0.4, 0.5) is 11.4 Å². The van der Waals surface area contributed by atoms with E-state index in [1.807, 2.05) is 47.4 Å². The maximum Gasteiger partial charge on any atom is 0.258 e. The second-order valence-electron chi connectivity index (χ2n) is 7.90. The molecule has 1 aliphatic heterocycles. The van der Waals surface area contributed by atoms with E-state index in [0.29, 0.717) is 17.9 Å². The monoisotopic (exact) mass is 550 g/mol. The highest BCUT2D eigenvalue weighted by Crippen LogP contribution is 2.20. The third kappa shape index (κ3) is 6.64.